The maximum atomic E-state index is 13.3. The summed E-state index contributed by atoms with van der Waals surface area (Å²) in [7, 11) is 0. The van der Waals surface area contributed by atoms with Gasteiger partial charge in [0.1, 0.15) is 11.6 Å². The molecule has 124 valence electrons. The van der Waals surface area contributed by atoms with Crippen LogP contribution < -0.4 is 4.74 Å². The van der Waals surface area contributed by atoms with Gasteiger partial charge < -0.3 is 9.15 Å². The van der Waals surface area contributed by atoms with Crippen LogP contribution in [0.15, 0.2) is 46.9 Å². The van der Waals surface area contributed by atoms with Gasteiger partial charge in [0.25, 0.3) is 5.89 Å². The van der Waals surface area contributed by atoms with Gasteiger partial charge in [-0.05, 0) is 48.2 Å². The zero-order valence-electron chi connectivity index (χ0n) is 13.9. The fourth-order valence-corrected chi connectivity index (χ4v) is 2.43. The maximum absolute atomic E-state index is 13.3. The van der Waals surface area contributed by atoms with Crippen molar-refractivity contribution in [2.45, 2.75) is 33.3 Å². The number of aromatic nitrogens is 2. The lowest BCUT2D eigenvalue weighted by atomic mass is 10.0. The second kappa shape index (κ2) is 6.83. The van der Waals surface area contributed by atoms with Crippen LogP contribution in [0.4, 0.5) is 4.39 Å². The summed E-state index contributed by atoms with van der Waals surface area (Å²) in [5.74, 6) is 1.46. The minimum Gasteiger partial charge on any atom is -0.484 e. The number of rotatable bonds is 5. The van der Waals surface area contributed by atoms with Gasteiger partial charge in [-0.15, -0.1) is 10.2 Å². The van der Waals surface area contributed by atoms with Crippen LogP contribution in [-0.2, 0) is 6.61 Å². The van der Waals surface area contributed by atoms with Crippen molar-refractivity contribution in [3.63, 3.8) is 0 Å². The van der Waals surface area contributed by atoms with E-state index in [9.17, 15) is 4.39 Å². The van der Waals surface area contributed by atoms with Crippen LogP contribution in [0, 0.1) is 12.7 Å². The largest absolute Gasteiger partial charge is 0.484 e. The normalized spacial score (nSPS) is 11.0. The Kier molecular flexibility index (Phi) is 4.60. The molecule has 1 aromatic heterocycles. The van der Waals surface area contributed by atoms with Gasteiger partial charge in [-0.25, -0.2) is 4.39 Å². The van der Waals surface area contributed by atoms with E-state index < -0.39 is 0 Å². The van der Waals surface area contributed by atoms with E-state index in [0.29, 0.717) is 17.4 Å². The van der Waals surface area contributed by atoms with Crippen LogP contribution in [-0.4, -0.2) is 10.2 Å². The van der Waals surface area contributed by atoms with E-state index in [1.54, 1.807) is 12.1 Å². The minimum absolute atomic E-state index is 0.172. The molecule has 24 heavy (non-hydrogen) atoms. The van der Waals surface area contributed by atoms with E-state index >= 15 is 0 Å². The zero-order valence-corrected chi connectivity index (χ0v) is 13.9. The van der Waals surface area contributed by atoms with Crippen molar-refractivity contribution in [3.05, 3.63) is 65.3 Å². The predicted molar refractivity (Wildman–Crippen MR) is 89.3 cm³/mol. The van der Waals surface area contributed by atoms with Crippen LogP contribution in [0.3, 0.4) is 0 Å². The Morgan fingerprint density at radius 2 is 1.96 bits per heavy atom. The minimum atomic E-state index is -0.343. The monoisotopic (exact) mass is 326 g/mol. The summed E-state index contributed by atoms with van der Waals surface area (Å²) in [6, 6.07) is 12.2. The number of halogens is 1. The standard InChI is InChI=1S/C19H19FN2O2/c1-12(2)16-8-7-13(3)9-17(16)23-11-18-21-22-19(24-18)14-5-4-6-15(20)10-14/h4-10,12H,11H2,1-3H3. The van der Waals surface area contributed by atoms with E-state index in [1.807, 2.05) is 13.0 Å². The molecule has 0 spiro atoms. The summed E-state index contributed by atoms with van der Waals surface area (Å²) >= 11 is 0. The Hall–Kier alpha value is -2.69. The Morgan fingerprint density at radius 3 is 2.71 bits per heavy atom. The number of ether oxygens (including phenoxy) is 1. The van der Waals surface area contributed by atoms with Crippen molar-refractivity contribution in [2.75, 3.05) is 0 Å². The molecular formula is C19H19FN2O2. The molecule has 0 amide bonds. The Labute approximate surface area is 140 Å². The quantitative estimate of drug-likeness (QED) is 0.670. The molecule has 4 nitrogen and oxygen atoms in total. The van der Waals surface area contributed by atoms with Gasteiger partial charge in [0.2, 0.25) is 5.89 Å². The molecule has 0 saturated carbocycles. The van der Waals surface area contributed by atoms with Gasteiger partial charge in [0, 0.05) is 5.56 Å². The second-order valence-electron chi connectivity index (χ2n) is 6.00. The smallest absolute Gasteiger partial charge is 0.254 e. The third kappa shape index (κ3) is 3.62. The van der Waals surface area contributed by atoms with E-state index in [2.05, 4.69) is 36.2 Å². The molecule has 0 saturated heterocycles. The molecule has 0 aliphatic carbocycles. The molecule has 2 aromatic carbocycles. The number of benzene rings is 2. The maximum Gasteiger partial charge on any atom is 0.254 e. The Bertz CT molecular complexity index is 843. The molecule has 1 heterocycles. The van der Waals surface area contributed by atoms with Gasteiger partial charge in [0.05, 0.1) is 0 Å². The van der Waals surface area contributed by atoms with Crippen molar-refractivity contribution in [1.29, 1.82) is 0 Å². The van der Waals surface area contributed by atoms with Crippen molar-refractivity contribution >= 4 is 0 Å². The Balaban J connectivity index is 1.76. The summed E-state index contributed by atoms with van der Waals surface area (Å²) in [5.41, 5.74) is 2.80. The van der Waals surface area contributed by atoms with E-state index in [4.69, 9.17) is 9.15 Å². The van der Waals surface area contributed by atoms with Gasteiger partial charge >= 0.3 is 0 Å². The summed E-state index contributed by atoms with van der Waals surface area (Å²) in [4.78, 5) is 0. The first-order valence-corrected chi connectivity index (χ1v) is 7.84. The average molecular weight is 326 g/mol. The highest BCUT2D eigenvalue weighted by Gasteiger charge is 2.12. The van der Waals surface area contributed by atoms with Crippen LogP contribution >= 0.6 is 0 Å². The number of hydrogen-bond acceptors (Lipinski definition) is 4. The van der Waals surface area contributed by atoms with Gasteiger partial charge in [0.15, 0.2) is 6.61 Å². The highest BCUT2D eigenvalue weighted by molar-refractivity contribution is 5.52. The summed E-state index contributed by atoms with van der Waals surface area (Å²) in [6.45, 7) is 6.43. The third-order valence-corrected chi connectivity index (χ3v) is 3.68. The summed E-state index contributed by atoms with van der Waals surface area (Å²) in [6.07, 6.45) is 0. The first-order valence-electron chi connectivity index (χ1n) is 7.84. The van der Waals surface area contributed by atoms with E-state index in [0.717, 1.165) is 16.9 Å². The molecule has 0 bridgehead atoms. The molecule has 0 fully saturated rings. The van der Waals surface area contributed by atoms with Crippen molar-refractivity contribution in [2.24, 2.45) is 0 Å². The molecule has 0 atom stereocenters. The molecule has 3 aromatic rings. The lowest BCUT2D eigenvalue weighted by Gasteiger charge is -2.13. The van der Waals surface area contributed by atoms with Gasteiger partial charge in [-0.1, -0.05) is 32.0 Å². The molecule has 0 unspecified atom stereocenters. The van der Waals surface area contributed by atoms with Crippen LogP contribution in [0.2, 0.25) is 0 Å². The number of hydrogen-bond donors (Lipinski definition) is 0. The third-order valence-electron chi connectivity index (χ3n) is 3.68. The number of nitrogens with zero attached hydrogens (tertiary/aromatic N) is 2. The lowest BCUT2D eigenvalue weighted by Crippen LogP contribution is -2.00. The average Bonchev–Trinajstić information content (AvgIpc) is 3.01. The highest BCUT2D eigenvalue weighted by Crippen LogP contribution is 2.28. The van der Waals surface area contributed by atoms with E-state index in [1.165, 1.54) is 12.1 Å². The highest BCUT2D eigenvalue weighted by atomic mass is 19.1. The Morgan fingerprint density at radius 1 is 1.12 bits per heavy atom. The van der Waals surface area contributed by atoms with Gasteiger partial charge in [-0.3, -0.25) is 0 Å². The SMILES string of the molecule is Cc1ccc(C(C)C)c(OCc2nnc(-c3cccc(F)c3)o2)c1. The second-order valence-corrected chi connectivity index (χ2v) is 6.00. The molecular weight excluding hydrogens is 307 g/mol. The van der Waals surface area contributed by atoms with Gasteiger partial charge in [-0.2, -0.15) is 0 Å². The molecule has 0 N–H and O–H groups in total. The molecule has 5 heteroatoms. The van der Waals surface area contributed by atoms with Crippen molar-refractivity contribution in [1.82, 2.24) is 10.2 Å². The molecule has 0 aliphatic heterocycles. The van der Waals surface area contributed by atoms with E-state index in [-0.39, 0.29) is 18.3 Å². The zero-order chi connectivity index (χ0) is 17.1. The fraction of sp³-hybridized carbons (Fsp3) is 0.263. The van der Waals surface area contributed by atoms with Crippen molar-refractivity contribution in [3.8, 4) is 17.2 Å². The molecule has 0 radical (unpaired) electrons. The van der Waals surface area contributed by atoms with Crippen LogP contribution in [0.1, 0.15) is 36.8 Å². The van der Waals surface area contributed by atoms with Crippen molar-refractivity contribution < 1.29 is 13.5 Å². The summed E-state index contributed by atoms with van der Waals surface area (Å²) in [5, 5.41) is 7.92. The topological polar surface area (TPSA) is 48.2 Å². The first kappa shape index (κ1) is 16.2. The summed E-state index contributed by atoms with van der Waals surface area (Å²) < 4.78 is 24.7. The first-order chi connectivity index (χ1) is 11.5. The fourth-order valence-electron chi connectivity index (χ4n) is 2.43. The molecule has 3 rings (SSSR count). The predicted octanol–water partition coefficient (Wildman–Crippen LogP) is 4.89. The van der Waals surface area contributed by atoms with Crippen LogP contribution in [0.5, 0.6) is 5.75 Å². The molecule has 0 aliphatic rings. The number of aryl methyl sites for hydroxylation is 1. The van der Waals surface area contributed by atoms with Crippen LogP contribution in [0.25, 0.3) is 11.5 Å². The lowest BCUT2D eigenvalue weighted by molar-refractivity contribution is 0.261.